The van der Waals surface area contributed by atoms with Gasteiger partial charge >= 0.3 is 0 Å². The molecule has 0 aromatic carbocycles. The molecule has 0 amide bonds. The van der Waals surface area contributed by atoms with Crippen LogP contribution >= 0.6 is 0 Å². The molecule has 0 bridgehead atoms. The zero-order chi connectivity index (χ0) is 12.1. The van der Waals surface area contributed by atoms with Gasteiger partial charge in [0.2, 0.25) is 0 Å². The summed E-state index contributed by atoms with van der Waals surface area (Å²) in [6, 6.07) is 0. The van der Waals surface area contributed by atoms with E-state index in [0.29, 0.717) is 5.92 Å². The van der Waals surface area contributed by atoms with Crippen LogP contribution in [0.3, 0.4) is 0 Å². The summed E-state index contributed by atoms with van der Waals surface area (Å²) in [4.78, 5) is 4.91. The highest BCUT2D eigenvalue weighted by Gasteiger charge is 2.16. The fourth-order valence-corrected chi connectivity index (χ4v) is 2.89. The highest BCUT2D eigenvalue weighted by atomic mass is 15.1. The Kier molecular flexibility index (Phi) is 4.64. The lowest BCUT2D eigenvalue weighted by Crippen LogP contribution is -2.06. The Labute approximate surface area is 105 Å². The second-order valence-corrected chi connectivity index (χ2v) is 5.33. The maximum atomic E-state index is 4.91. The van der Waals surface area contributed by atoms with Gasteiger partial charge in [-0.1, -0.05) is 33.1 Å². The zero-order valence-electron chi connectivity index (χ0n) is 11.4. The summed E-state index contributed by atoms with van der Waals surface area (Å²) in [5.74, 6) is 2.02. The molecule has 96 valence electrons. The first kappa shape index (κ1) is 12.7. The standard InChI is InChI=1S/C15H26N2/c1-3-9-13(4-2)14-12-17-11-8-6-5-7-10-15(17)16-14/h12-13H,3-11H2,1-2H3. The molecule has 1 aromatic rings. The van der Waals surface area contributed by atoms with E-state index in [2.05, 4.69) is 24.6 Å². The fraction of sp³-hybridized carbons (Fsp3) is 0.800. The predicted octanol–water partition coefficient (Wildman–Crippen LogP) is 4.29. The molecule has 0 saturated carbocycles. The number of hydrogen-bond acceptors (Lipinski definition) is 1. The van der Waals surface area contributed by atoms with Gasteiger partial charge in [0.25, 0.3) is 0 Å². The van der Waals surface area contributed by atoms with Crippen molar-refractivity contribution in [2.45, 2.75) is 77.7 Å². The Bertz CT molecular complexity index is 315. The Balaban J connectivity index is 2.15. The summed E-state index contributed by atoms with van der Waals surface area (Å²) < 4.78 is 2.42. The lowest BCUT2D eigenvalue weighted by Gasteiger charge is -2.10. The molecule has 0 saturated heterocycles. The Morgan fingerprint density at radius 1 is 1.24 bits per heavy atom. The number of aromatic nitrogens is 2. The summed E-state index contributed by atoms with van der Waals surface area (Å²) in [6.07, 6.45) is 12.7. The number of imidazole rings is 1. The highest BCUT2D eigenvalue weighted by molar-refractivity contribution is 5.10. The van der Waals surface area contributed by atoms with Crippen molar-refractivity contribution >= 4 is 0 Å². The first-order valence-electron chi connectivity index (χ1n) is 7.41. The summed E-state index contributed by atoms with van der Waals surface area (Å²) in [5, 5.41) is 0. The van der Waals surface area contributed by atoms with Crippen molar-refractivity contribution in [3.8, 4) is 0 Å². The lowest BCUT2D eigenvalue weighted by molar-refractivity contribution is 0.516. The highest BCUT2D eigenvalue weighted by Crippen LogP contribution is 2.25. The molecule has 1 unspecified atom stereocenters. The molecular weight excluding hydrogens is 208 g/mol. The van der Waals surface area contributed by atoms with Gasteiger partial charge < -0.3 is 4.57 Å². The molecule has 0 radical (unpaired) electrons. The average molecular weight is 234 g/mol. The van der Waals surface area contributed by atoms with Gasteiger partial charge in [-0.05, 0) is 25.7 Å². The monoisotopic (exact) mass is 234 g/mol. The van der Waals surface area contributed by atoms with Crippen LogP contribution in [-0.2, 0) is 13.0 Å². The Morgan fingerprint density at radius 3 is 2.82 bits per heavy atom. The normalized spacial score (nSPS) is 18.2. The van der Waals surface area contributed by atoms with Crippen LogP contribution < -0.4 is 0 Å². The molecule has 2 heteroatoms. The minimum Gasteiger partial charge on any atom is -0.335 e. The van der Waals surface area contributed by atoms with Crippen LogP contribution in [-0.4, -0.2) is 9.55 Å². The molecule has 0 aliphatic carbocycles. The molecule has 0 spiro atoms. The van der Waals surface area contributed by atoms with Crippen LogP contribution in [0.1, 0.15) is 76.2 Å². The van der Waals surface area contributed by atoms with Crippen molar-refractivity contribution in [3.05, 3.63) is 17.7 Å². The van der Waals surface area contributed by atoms with E-state index in [-0.39, 0.29) is 0 Å². The van der Waals surface area contributed by atoms with Crippen molar-refractivity contribution in [3.63, 3.8) is 0 Å². The van der Waals surface area contributed by atoms with Gasteiger partial charge in [0, 0.05) is 25.1 Å². The van der Waals surface area contributed by atoms with Crippen LogP contribution in [0, 0.1) is 0 Å². The SMILES string of the molecule is CCCC(CC)c1cn2c(n1)CCCCCC2. The summed E-state index contributed by atoms with van der Waals surface area (Å²) >= 11 is 0. The van der Waals surface area contributed by atoms with E-state index in [0.717, 1.165) is 0 Å². The van der Waals surface area contributed by atoms with E-state index >= 15 is 0 Å². The number of nitrogens with zero attached hydrogens (tertiary/aromatic N) is 2. The molecule has 17 heavy (non-hydrogen) atoms. The summed E-state index contributed by atoms with van der Waals surface area (Å²) in [6.45, 7) is 5.75. The van der Waals surface area contributed by atoms with Crippen LogP contribution in [0.5, 0.6) is 0 Å². The van der Waals surface area contributed by atoms with Gasteiger partial charge in [0.05, 0.1) is 5.69 Å². The van der Waals surface area contributed by atoms with Crippen molar-refractivity contribution in [2.24, 2.45) is 0 Å². The number of fused-ring (bicyclic) bond motifs is 1. The second kappa shape index (κ2) is 6.23. The molecule has 2 rings (SSSR count). The van der Waals surface area contributed by atoms with Crippen molar-refractivity contribution in [1.82, 2.24) is 9.55 Å². The predicted molar refractivity (Wildman–Crippen MR) is 72.3 cm³/mol. The van der Waals surface area contributed by atoms with Crippen LogP contribution in [0.15, 0.2) is 6.20 Å². The largest absolute Gasteiger partial charge is 0.335 e. The van der Waals surface area contributed by atoms with Crippen LogP contribution in [0.25, 0.3) is 0 Å². The van der Waals surface area contributed by atoms with Gasteiger partial charge in [-0.25, -0.2) is 4.98 Å². The van der Waals surface area contributed by atoms with E-state index in [1.54, 1.807) is 0 Å². The van der Waals surface area contributed by atoms with Gasteiger partial charge in [0.1, 0.15) is 5.82 Å². The number of aryl methyl sites for hydroxylation is 2. The minimum absolute atomic E-state index is 0.681. The molecule has 1 aromatic heterocycles. The molecule has 1 atom stereocenters. The molecule has 0 N–H and O–H groups in total. The quantitative estimate of drug-likeness (QED) is 0.759. The van der Waals surface area contributed by atoms with Gasteiger partial charge in [-0.15, -0.1) is 0 Å². The molecule has 1 aliphatic heterocycles. The van der Waals surface area contributed by atoms with Gasteiger partial charge in [-0.2, -0.15) is 0 Å². The summed E-state index contributed by atoms with van der Waals surface area (Å²) in [7, 11) is 0. The molecular formula is C15H26N2. The van der Waals surface area contributed by atoms with E-state index in [1.807, 2.05) is 0 Å². The fourth-order valence-electron chi connectivity index (χ4n) is 2.89. The Morgan fingerprint density at radius 2 is 2.06 bits per heavy atom. The van der Waals surface area contributed by atoms with E-state index in [1.165, 1.54) is 69.4 Å². The van der Waals surface area contributed by atoms with Crippen molar-refractivity contribution in [1.29, 1.82) is 0 Å². The van der Waals surface area contributed by atoms with Gasteiger partial charge in [-0.3, -0.25) is 0 Å². The third kappa shape index (κ3) is 3.11. The van der Waals surface area contributed by atoms with E-state index in [4.69, 9.17) is 4.98 Å². The Hall–Kier alpha value is -0.790. The average Bonchev–Trinajstić information content (AvgIpc) is 2.68. The molecule has 0 fully saturated rings. The van der Waals surface area contributed by atoms with Gasteiger partial charge in [0.15, 0.2) is 0 Å². The van der Waals surface area contributed by atoms with Crippen molar-refractivity contribution < 1.29 is 0 Å². The van der Waals surface area contributed by atoms with Crippen molar-refractivity contribution in [2.75, 3.05) is 0 Å². The maximum absolute atomic E-state index is 4.91. The molecule has 1 aliphatic rings. The van der Waals surface area contributed by atoms with E-state index in [9.17, 15) is 0 Å². The third-order valence-corrected chi connectivity index (χ3v) is 3.98. The smallest absolute Gasteiger partial charge is 0.108 e. The number of hydrogen-bond donors (Lipinski definition) is 0. The zero-order valence-corrected chi connectivity index (χ0v) is 11.4. The summed E-state index contributed by atoms with van der Waals surface area (Å²) in [5.41, 5.74) is 1.35. The third-order valence-electron chi connectivity index (χ3n) is 3.98. The first-order chi connectivity index (χ1) is 8.35. The van der Waals surface area contributed by atoms with E-state index < -0.39 is 0 Å². The maximum Gasteiger partial charge on any atom is 0.108 e. The first-order valence-corrected chi connectivity index (χ1v) is 7.41. The topological polar surface area (TPSA) is 17.8 Å². The number of rotatable bonds is 4. The van der Waals surface area contributed by atoms with Crippen LogP contribution in [0.4, 0.5) is 0 Å². The molecule has 2 heterocycles. The van der Waals surface area contributed by atoms with Crippen LogP contribution in [0.2, 0.25) is 0 Å². The molecule has 2 nitrogen and oxygen atoms in total. The lowest BCUT2D eigenvalue weighted by atomic mass is 9.98. The second-order valence-electron chi connectivity index (χ2n) is 5.33. The minimum atomic E-state index is 0.681.